The zero-order valence-corrected chi connectivity index (χ0v) is 24.8. The summed E-state index contributed by atoms with van der Waals surface area (Å²) in [6, 6.07) is 17.1. The first-order valence-corrected chi connectivity index (χ1v) is 15.4. The molecule has 5 heterocycles. The summed E-state index contributed by atoms with van der Waals surface area (Å²) < 4.78 is 11.5. The number of morpholine rings is 1. The fraction of sp³-hybridized carbons (Fsp3) is 0.455. The van der Waals surface area contributed by atoms with E-state index in [0.717, 1.165) is 43.0 Å². The molecule has 11 nitrogen and oxygen atoms in total. The molecule has 7 rings (SSSR count). The van der Waals surface area contributed by atoms with Crippen LogP contribution in [0.25, 0.3) is 10.8 Å². The third-order valence-electron chi connectivity index (χ3n) is 9.45. The Labute approximate surface area is 256 Å². The quantitative estimate of drug-likeness (QED) is 0.292. The maximum absolute atomic E-state index is 12.5. The van der Waals surface area contributed by atoms with Gasteiger partial charge in [0.15, 0.2) is 5.72 Å². The van der Waals surface area contributed by atoms with E-state index >= 15 is 0 Å². The van der Waals surface area contributed by atoms with E-state index in [9.17, 15) is 15.2 Å². The number of anilines is 2. The van der Waals surface area contributed by atoms with Crippen LogP contribution in [0.2, 0.25) is 0 Å². The molecule has 4 aliphatic rings. The zero-order chi connectivity index (χ0) is 30.3. The van der Waals surface area contributed by atoms with Crippen molar-refractivity contribution in [1.29, 1.82) is 5.26 Å². The monoisotopic (exact) mass is 595 g/mol. The first kappa shape index (κ1) is 28.5. The molecule has 3 aromatic rings. The Kier molecular flexibility index (Phi) is 7.58. The van der Waals surface area contributed by atoms with Gasteiger partial charge in [0.1, 0.15) is 11.9 Å². The van der Waals surface area contributed by atoms with Crippen LogP contribution in [0.3, 0.4) is 0 Å². The second-order valence-corrected chi connectivity index (χ2v) is 11.9. The smallest absolute Gasteiger partial charge is 0.318 e. The highest BCUT2D eigenvalue weighted by Gasteiger charge is 2.60. The average molecular weight is 596 g/mol. The molecule has 11 heteroatoms. The molecular weight excluding hydrogens is 558 g/mol. The lowest BCUT2D eigenvalue weighted by atomic mass is 9.89. The summed E-state index contributed by atoms with van der Waals surface area (Å²) in [6.07, 6.45) is 2.97. The fourth-order valence-electron chi connectivity index (χ4n) is 6.93. The van der Waals surface area contributed by atoms with Crippen LogP contribution in [-0.4, -0.2) is 101 Å². The van der Waals surface area contributed by atoms with Gasteiger partial charge in [0.05, 0.1) is 44.0 Å². The number of likely N-dealkylation sites (tertiary alicyclic amines) is 1. The Bertz CT molecular complexity index is 1620. The number of amides is 1. The normalized spacial score (nSPS) is 24.5. The summed E-state index contributed by atoms with van der Waals surface area (Å²) in [5, 5.41) is 22.5. The minimum atomic E-state index is -0.810. The molecule has 3 fully saturated rings. The van der Waals surface area contributed by atoms with E-state index in [0.29, 0.717) is 51.9 Å². The van der Waals surface area contributed by atoms with Gasteiger partial charge in [-0.3, -0.25) is 9.69 Å². The van der Waals surface area contributed by atoms with Crippen molar-refractivity contribution in [3.05, 3.63) is 66.4 Å². The van der Waals surface area contributed by atoms with Gasteiger partial charge in [-0.25, -0.2) is 0 Å². The van der Waals surface area contributed by atoms with Crippen LogP contribution in [0.5, 0.6) is 6.01 Å². The van der Waals surface area contributed by atoms with E-state index in [4.69, 9.17) is 19.4 Å². The minimum absolute atomic E-state index is 0.0632. The topological polar surface area (TPSA) is 118 Å². The van der Waals surface area contributed by atoms with E-state index in [1.54, 1.807) is 4.90 Å². The van der Waals surface area contributed by atoms with Crippen LogP contribution in [0, 0.1) is 11.3 Å². The Hall–Kier alpha value is -4.24. The third-order valence-corrected chi connectivity index (χ3v) is 9.45. The van der Waals surface area contributed by atoms with E-state index in [1.165, 1.54) is 22.5 Å². The summed E-state index contributed by atoms with van der Waals surface area (Å²) in [5.74, 6) is 0.665. The molecule has 0 bridgehead atoms. The van der Waals surface area contributed by atoms with E-state index in [2.05, 4.69) is 64.9 Å². The molecule has 1 aromatic heterocycles. The van der Waals surface area contributed by atoms with Crippen LogP contribution in [0.1, 0.15) is 24.1 Å². The van der Waals surface area contributed by atoms with Crippen molar-refractivity contribution in [2.24, 2.45) is 0 Å². The van der Waals surface area contributed by atoms with Crippen LogP contribution in [-0.2, 0) is 22.5 Å². The van der Waals surface area contributed by atoms with Gasteiger partial charge in [-0.15, -0.1) is 0 Å². The minimum Gasteiger partial charge on any atom is -0.463 e. The van der Waals surface area contributed by atoms with Gasteiger partial charge in [0.25, 0.3) is 0 Å². The van der Waals surface area contributed by atoms with E-state index in [-0.39, 0.29) is 24.5 Å². The van der Waals surface area contributed by atoms with Crippen molar-refractivity contribution in [3.8, 4) is 12.1 Å². The lowest BCUT2D eigenvalue weighted by molar-refractivity contribution is -0.373. The van der Waals surface area contributed by atoms with Crippen molar-refractivity contribution in [1.82, 2.24) is 19.8 Å². The van der Waals surface area contributed by atoms with Crippen LogP contribution in [0.4, 0.5) is 11.5 Å². The van der Waals surface area contributed by atoms with Crippen LogP contribution in [0.15, 0.2) is 55.1 Å². The number of hydrogen-bond acceptors (Lipinski definition) is 10. The predicted molar refractivity (Wildman–Crippen MR) is 165 cm³/mol. The first-order chi connectivity index (χ1) is 21.5. The molecule has 3 atom stereocenters. The van der Waals surface area contributed by atoms with E-state index < -0.39 is 5.72 Å². The fourth-order valence-corrected chi connectivity index (χ4v) is 6.93. The SMILES string of the molecule is C=CC(=O)N1CCN(c2nc(OCCCN3CC4OC[C@]43O)nc3c2CCN(c2cccc4ccccc24)C3)CC1CC#N. The number of hydrogen-bond donors (Lipinski definition) is 1. The van der Waals surface area contributed by atoms with Crippen LogP contribution >= 0.6 is 0 Å². The highest BCUT2D eigenvalue weighted by Crippen LogP contribution is 2.39. The molecule has 1 amide bonds. The van der Waals surface area contributed by atoms with Crippen molar-refractivity contribution < 1.29 is 19.4 Å². The molecule has 3 saturated heterocycles. The average Bonchev–Trinajstić information content (AvgIpc) is 3.06. The molecule has 0 radical (unpaired) electrons. The highest BCUT2D eigenvalue weighted by molar-refractivity contribution is 5.94. The van der Waals surface area contributed by atoms with Gasteiger partial charge in [0, 0.05) is 55.9 Å². The number of benzene rings is 2. The van der Waals surface area contributed by atoms with Gasteiger partial charge in [-0.2, -0.15) is 15.2 Å². The number of nitrogens with zero attached hydrogens (tertiary/aromatic N) is 7. The maximum Gasteiger partial charge on any atom is 0.318 e. The van der Waals surface area contributed by atoms with Crippen molar-refractivity contribution in [3.63, 3.8) is 0 Å². The number of carbonyl (C=O) groups excluding carboxylic acids is 1. The molecule has 228 valence electrons. The van der Waals surface area contributed by atoms with Crippen molar-refractivity contribution in [2.45, 2.75) is 43.7 Å². The lowest BCUT2D eigenvalue weighted by Gasteiger charge is -2.61. The second kappa shape index (κ2) is 11.7. The molecular formula is C33H37N7O4. The number of fused-ring (bicyclic) bond motifs is 3. The zero-order valence-electron chi connectivity index (χ0n) is 24.8. The third kappa shape index (κ3) is 5.03. The van der Waals surface area contributed by atoms with Crippen molar-refractivity contribution in [2.75, 3.05) is 62.3 Å². The number of aliphatic hydroxyl groups is 1. The summed E-state index contributed by atoms with van der Waals surface area (Å²) in [5.41, 5.74) is 2.38. The highest BCUT2D eigenvalue weighted by atomic mass is 16.6. The summed E-state index contributed by atoms with van der Waals surface area (Å²) in [7, 11) is 0. The Morgan fingerprint density at radius 3 is 2.80 bits per heavy atom. The number of rotatable bonds is 9. The van der Waals surface area contributed by atoms with E-state index in [1.807, 2.05) is 4.90 Å². The lowest BCUT2D eigenvalue weighted by Crippen LogP contribution is -2.80. The Morgan fingerprint density at radius 1 is 1.16 bits per heavy atom. The molecule has 0 aliphatic carbocycles. The summed E-state index contributed by atoms with van der Waals surface area (Å²) in [4.78, 5) is 30.7. The summed E-state index contributed by atoms with van der Waals surface area (Å²) in [6.45, 7) is 8.88. The molecule has 0 spiro atoms. The van der Waals surface area contributed by atoms with Gasteiger partial charge in [-0.05, 0) is 30.4 Å². The second-order valence-electron chi connectivity index (χ2n) is 11.9. The standard InChI is InChI=1S/C33H37N7O4/c1-2-30(41)40-17-16-38(19-24(40)11-13-34)31-26-12-15-37(28-10-5-8-23-7-3-4-9-25(23)28)20-27(26)35-32(36-31)43-18-6-14-39-21-29-33(39,42)22-44-29/h2-5,7-10,24,29,42H,1,6,11-12,14-22H2/t24?,29?,33-/m0/s1. The Morgan fingerprint density at radius 2 is 2.02 bits per heavy atom. The molecule has 0 saturated carbocycles. The van der Waals surface area contributed by atoms with Crippen LogP contribution < -0.4 is 14.5 Å². The molecule has 2 unspecified atom stereocenters. The maximum atomic E-state index is 12.5. The number of carbonyl (C=O) groups is 1. The first-order valence-electron chi connectivity index (χ1n) is 15.4. The number of aromatic nitrogens is 2. The molecule has 1 N–H and O–H groups in total. The number of piperazine rings is 1. The molecule has 44 heavy (non-hydrogen) atoms. The van der Waals surface area contributed by atoms with Gasteiger partial charge < -0.3 is 29.3 Å². The largest absolute Gasteiger partial charge is 0.463 e. The molecule has 2 aromatic carbocycles. The van der Waals surface area contributed by atoms with Gasteiger partial charge >= 0.3 is 6.01 Å². The van der Waals surface area contributed by atoms with Crippen molar-refractivity contribution >= 4 is 28.2 Å². The van der Waals surface area contributed by atoms with Gasteiger partial charge in [0.2, 0.25) is 5.91 Å². The number of ether oxygens (including phenoxy) is 2. The number of nitriles is 1. The summed E-state index contributed by atoms with van der Waals surface area (Å²) >= 11 is 0. The van der Waals surface area contributed by atoms with Gasteiger partial charge in [-0.1, -0.05) is 43.0 Å². The predicted octanol–water partition coefficient (Wildman–Crippen LogP) is 2.48. The molecule has 4 aliphatic heterocycles. The Balaban J connectivity index is 1.14.